The molecule has 1 aliphatic rings. The molecule has 0 bridgehead atoms. The highest BCUT2D eigenvalue weighted by Crippen LogP contribution is 2.34. The summed E-state index contributed by atoms with van der Waals surface area (Å²) in [6.07, 6.45) is 2.02. The molecule has 18 heavy (non-hydrogen) atoms. The molecule has 96 valence electrons. The summed E-state index contributed by atoms with van der Waals surface area (Å²) in [5.74, 6) is 1.41. The fourth-order valence-corrected chi connectivity index (χ4v) is 2.98. The van der Waals surface area contributed by atoms with Crippen LogP contribution in [0.5, 0.6) is 0 Å². The summed E-state index contributed by atoms with van der Waals surface area (Å²) in [4.78, 5) is 4.64. The summed E-state index contributed by atoms with van der Waals surface area (Å²) in [5, 5.41) is 0. The second-order valence-electron chi connectivity index (χ2n) is 5.10. The molecular formula is C14H17ClN2O. The third-order valence-electron chi connectivity index (χ3n) is 3.86. The molecule has 1 aromatic heterocycles. The lowest BCUT2D eigenvalue weighted by Gasteiger charge is -2.36. The number of halogens is 1. The molecule has 1 saturated heterocycles. The number of hydrogen-bond donors (Lipinski definition) is 0. The Balaban J connectivity index is 2.19. The van der Waals surface area contributed by atoms with E-state index in [1.54, 1.807) is 0 Å². The SMILES string of the molecule is CC1(n2c(CCl)nc3ccccc32)CCOCC1. The van der Waals surface area contributed by atoms with Crippen molar-refractivity contribution < 1.29 is 4.74 Å². The minimum Gasteiger partial charge on any atom is -0.381 e. The molecule has 1 aliphatic heterocycles. The van der Waals surface area contributed by atoms with Gasteiger partial charge in [0.2, 0.25) is 0 Å². The molecule has 0 atom stereocenters. The van der Waals surface area contributed by atoms with Crippen LogP contribution in [0.1, 0.15) is 25.6 Å². The van der Waals surface area contributed by atoms with Crippen molar-refractivity contribution >= 4 is 22.6 Å². The molecular weight excluding hydrogens is 248 g/mol. The van der Waals surface area contributed by atoms with E-state index in [1.807, 2.05) is 12.1 Å². The van der Waals surface area contributed by atoms with Gasteiger partial charge in [0, 0.05) is 18.8 Å². The molecule has 2 heterocycles. The maximum absolute atomic E-state index is 6.07. The average molecular weight is 265 g/mol. The highest BCUT2D eigenvalue weighted by molar-refractivity contribution is 6.16. The van der Waals surface area contributed by atoms with Gasteiger partial charge >= 0.3 is 0 Å². The first-order valence-electron chi connectivity index (χ1n) is 6.35. The number of alkyl halides is 1. The van der Waals surface area contributed by atoms with Crippen LogP contribution in [-0.2, 0) is 16.2 Å². The largest absolute Gasteiger partial charge is 0.381 e. The van der Waals surface area contributed by atoms with Crippen molar-refractivity contribution in [1.29, 1.82) is 0 Å². The molecule has 1 aromatic carbocycles. The van der Waals surface area contributed by atoms with Gasteiger partial charge in [0.15, 0.2) is 0 Å². The summed E-state index contributed by atoms with van der Waals surface area (Å²) < 4.78 is 7.80. The summed E-state index contributed by atoms with van der Waals surface area (Å²) in [5.41, 5.74) is 2.27. The van der Waals surface area contributed by atoms with Gasteiger partial charge in [0.1, 0.15) is 5.82 Å². The summed E-state index contributed by atoms with van der Waals surface area (Å²) >= 11 is 6.07. The van der Waals surface area contributed by atoms with E-state index in [0.29, 0.717) is 5.88 Å². The zero-order valence-corrected chi connectivity index (χ0v) is 11.3. The van der Waals surface area contributed by atoms with E-state index in [9.17, 15) is 0 Å². The molecule has 4 heteroatoms. The summed E-state index contributed by atoms with van der Waals surface area (Å²) in [6.45, 7) is 3.90. The van der Waals surface area contributed by atoms with Crippen molar-refractivity contribution in [1.82, 2.24) is 9.55 Å². The summed E-state index contributed by atoms with van der Waals surface area (Å²) in [6, 6.07) is 8.24. The van der Waals surface area contributed by atoms with Gasteiger partial charge in [0.25, 0.3) is 0 Å². The van der Waals surface area contributed by atoms with E-state index in [2.05, 4.69) is 28.6 Å². The fraction of sp³-hybridized carbons (Fsp3) is 0.500. The predicted molar refractivity (Wildman–Crippen MR) is 73.0 cm³/mol. The molecule has 0 radical (unpaired) electrons. The lowest BCUT2D eigenvalue weighted by Crippen LogP contribution is -2.37. The van der Waals surface area contributed by atoms with E-state index in [1.165, 1.54) is 5.52 Å². The van der Waals surface area contributed by atoms with E-state index in [4.69, 9.17) is 16.3 Å². The molecule has 0 saturated carbocycles. The zero-order chi connectivity index (χ0) is 12.6. The first kappa shape index (κ1) is 12.0. The topological polar surface area (TPSA) is 27.1 Å². The van der Waals surface area contributed by atoms with E-state index in [-0.39, 0.29) is 5.54 Å². The Morgan fingerprint density at radius 2 is 2.06 bits per heavy atom. The molecule has 0 spiro atoms. The molecule has 3 rings (SSSR count). The monoisotopic (exact) mass is 264 g/mol. The van der Waals surface area contributed by atoms with Gasteiger partial charge in [-0.2, -0.15) is 0 Å². The van der Waals surface area contributed by atoms with Crippen molar-refractivity contribution in [3.63, 3.8) is 0 Å². The van der Waals surface area contributed by atoms with Crippen LogP contribution in [-0.4, -0.2) is 22.8 Å². The third kappa shape index (κ3) is 1.82. The minimum absolute atomic E-state index is 0.0680. The number of imidazole rings is 1. The van der Waals surface area contributed by atoms with Crippen molar-refractivity contribution in [3.05, 3.63) is 30.1 Å². The Kier molecular flexibility index (Phi) is 3.04. The normalized spacial score (nSPS) is 19.2. The van der Waals surface area contributed by atoms with Crippen LogP contribution in [0.2, 0.25) is 0 Å². The number of benzene rings is 1. The molecule has 0 aliphatic carbocycles. The van der Waals surface area contributed by atoms with Gasteiger partial charge in [-0.25, -0.2) is 4.98 Å². The van der Waals surface area contributed by atoms with E-state index >= 15 is 0 Å². The Labute approximate surface area is 112 Å². The predicted octanol–water partition coefficient (Wildman–Crippen LogP) is 3.30. The van der Waals surface area contributed by atoms with Crippen LogP contribution in [0.25, 0.3) is 11.0 Å². The number of hydrogen-bond acceptors (Lipinski definition) is 2. The van der Waals surface area contributed by atoms with Crippen LogP contribution >= 0.6 is 11.6 Å². The molecule has 0 N–H and O–H groups in total. The Bertz CT molecular complexity index is 558. The van der Waals surface area contributed by atoms with Crippen LogP contribution in [0, 0.1) is 0 Å². The van der Waals surface area contributed by atoms with Crippen LogP contribution in [0.3, 0.4) is 0 Å². The second kappa shape index (κ2) is 4.56. The van der Waals surface area contributed by atoms with Gasteiger partial charge < -0.3 is 9.30 Å². The van der Waals surface area contributed by atoms with Crippen molar-refractivity contribution in [2.24, 2.45) is 0 Å². The van der Waals surface area contributed by atoms with E-state index < -0.39 is 0 Å². The highest BCUT2D eigenvalue weighted by Gasteiger charge is 2.32. The second-order valence-corrected chi connectivity index (χ2v) is 5.36. The Hall–Kier alpha value is -1.06. The van der Waals surface area contributed by atoms with Gasteiger partial charge in [-0.1, -0.05) is 12.1 Å². The number of ether oxygens (including phenoxy) is 1. The maximum atomic E-state index is 6.07. The number of rotatable bonds is 2. The smallest absolute Gasteiger partial charge is 0.125 e. The van der Waals surface area contributed by atoms with Crippen LogP contribution in [0.15, 0.2) is 24.3 Å². The lowest BCUT2D eigenvalue weighted by molar-refractivity contribution is 0.0303. The van der Waals surface area contributed by atoms with Gasteiger partial charge in [0.05, 0.1) is 16.9 Å². The Morgan fingerprint density at radius 1 is 1.33 bits per heavy atom. The molecule has 1 fully saturated rings. The average Bonchev–Trinajstić information content (AvgIpc) is 2.78. The first-order valence-corrected chi connectivity index (χ1v) is 6.89. The Morgan fingerprint density at radius 3 is 2.78 bits per heavy atom. The molecule has 2 aromatic rings. The van der Waals surface area contributed by atoms with Gasteiger partial charge in [-0.3, -0.25) is 0 Å². The van der Waals surface area contributed by atoms with Crippen molar-refractivity contribution in [2.45, 2.75) is 31.2 Å². The lowest BCUT2D eigenvalue weighted by atomic mass is 9.91. The standard InChI is InChI=1S/C14H17ClN2O/c1-14(6-8-18-9-7-14)17-12-5-3-2-4-11(12)16-13(17)10-15/h2-5H,6-10H2,1H3. The fourth-order valence-electron chi connectivity index (χ4n) is 2.80. The van der Waals surface area contributed by atoms with Crippen molar-refractivity contribution in [3.8, 4) is 0 Å². The van der Waals surface area contributed by atoms with Gasteiger partial charge in [-0.05, 0) is 31.9 Å². The quantitative estimate of drug-likeness (QED) is 0.778. The molecule has 0 unspecified atom stereocenters. The minimum atomic E-state index is 0.0680. The highest BCUT2D eigenvalue weighted by atomic mass is 35.5. The van der Waals surface area contributed by atoms with Crippen LogP contribution < -0.4 is 0 Å². The number of nitrogens with zero attached hydrogens (tertiary/aromatic N) is 2. The van der Waals surface area contributed by atoms with Gasteiger partial charge in [-0.15, -0.1) is 11.6 Å². The third-order valence-corrected chi connectivity index (χ3v) is 4.10. The zero-order valence-electron chi connectivity index (χ0n) is 10.5. The molecule has 0 amide bonds. The molecule has 3 nitrogen and oxygen atoms in total. The van der Waals surface area contributed by atoms with Crippen LogP contribution in [0.4, 0.5) is 0 Å². The maximum Gasteiger partial charge on any atom is 0.125 e. The summed E-state index contributed by atoms with van der Waals surface area (Å²) in [7, 11) is 0. The number of para-hydroxylation sites is 2. The van der Waals surface area contributed by atoms with E-state index in [0.717, 1.165) is 37.4 Å². The first-order chi connectivity index (χ1) is 8.74. The van der Waals surface area contributed by atoms with Crippen molar-refractivity contribution in [2.75, 3.05) is 13.2 Å². The number of fused-ring (bicyclic) bond motifs is 1. The number of aromatic nitrogens is 2.